The number of ether oxygens (including phenoxy) is 3. The molecule has 8 nitrogen and oxygen atoms in total. The smallest absolute Gasteiger partial charge is 0.315 e. The fourth-order valence-corrected chi connectivity index (χ4v) is 2.38. The molecule has 4 N–H and O–H groups in total. The highest BCUT2D eigenvalue weighted by Crippen LogP contribution is 2.27. The summed E-state index contributed by atoms with van der Waals surface area (Å²) in [7, 11) is 3.11. The molecule has 2 rings (SSSR count). The largest absolute Gasteiger partial charge is 0.493 e. The van der Waals surface area contributed by atoms with Crippen LogP contribution in [-0.4, -0.2) is 39.3 Å². The second-order valence-corrected chi connectivity index (χ2v) is 5.73. The summed E-state index contributed by atoms with van der Waals surface area (Å²) in [6.45, 7) is 0.546. The van der Waals surface area contributed by atoms with Crippen molar-refractivity contribution < 1.29 is 23.8 Å². The molecule has 0 aromatic heterocycles. The predicted molar refractivity (Wildman–Crippen MR) is 108 cm³/mol. The minimum Gasteiger partial charge on any atom is -0.493 e. The van der Waals surface area contributed by atoms with Crippen molar-refractivity contribution >= 4 is 11.9 Å². The van der Waals surface area contributed by atoms with Gasteiger partial charge in [0.25, 0.3) is 5.91 Å². The lowest BCUT2D eigenvalue weighted by Gasteiger charge is -2.10. The van der Waals surface area contributed by atoms with Crippen LogP contribution in [0.4, 0.5) is 4.79 Å². The number of carbonyl (C=O) groups excluding carboxylic acids is 2. The van der Waals surface area contributed by atoms with Crippen molar-refractivity contribution in [1.29, 1.82) is 0 Å². The number of hydrogen-bond donors (Lipinski definition) is 3. The number of benzene rings is 2. The third-order valence-electron chi connectivity index (χ3n) is 3.82. The van der Waals surface area contributed by atoms with E-state index in [-0.39, 0.29) is 19.2 Å². The molecule has 0 saturated carbocycles. The van der Waals surface area contributed by atoms with E-state index in [1.54, 1.807) is 50.6 Å². The van der Waals surface area contributed by atoms with Crippen molar-refractivity contribution in [2.75, 3.05) is 27.4 Å². The fraction of sp³-hybridized carbons (Fsp3) is 0.238. The molecular formula is C21H23N3O5. The SMILES string of the molecule is COc1ccc(CNC(=O)NCC#CCOc2ccccc2C(N)=O)cc1OC. The van der Waals surface area contributed by atoms with Crippen LogP contribution in [0.1, 0.15) is 15.9 Å². The number of urea groups is 1. The molecule has 0 atom stereocenters. The van der Waals surface area contributed by atoms with Gasteiger partial charge in [0.05, 0.1) is 26.3 Å². The molecule has 0 aliphatic carbocycles. The first kappa shape index (κ1) is 21.4. The Bertz CT molecular complexity index is 918. The van der Waals surface area contributed by atoms with Crippen molar-refractivity contribution in [2.45, 2.75) is 6.54 Å². The van der Waals surface area contributed by atoms with Crippen LogP contribution in [0.15, 0.2) is 42.5 Å². The van der Waals surface area contributed by atoms with Gasteiger partial charge in [-0.05, 0) is 29.8 Å². The van der Waals surface area contributed by atoms with E-state index >= 15 is 0 Å². The van der Waals surface area contributed by atoms with Crippen molar-refractivity contribution in [2.24, 2.45) is 5.73 Å². The summed E-state index contributed by atoms with van der Waals surface area (Å²) in [6, 6.07) is 11.7. The maximum Gasteiger partial charge on any atom is 0.315 e. The Morgan fingerprint density at radius 2 is 1.72 bits per heavy atom. The van der Waals surface area contributed by atoms with E-state index in [9.17, 15) is 9.59 Å². The van der Waals surface area contributed by atoms with E-state index in [1.165, 1.54) is 0 Å². The highest BCUT2D eigenvalue weighted by Gasteiger charge is 2.07. The van der Waals surface area contributed by atoms with Gasteiger partial charge in [0, 0.05) is 6.54 Å². The zero-order valence-corrected chi connectivity index (χ0v) is 16.3. The molecule has 152 valence electrons. The number of amides is 3. The average Bonchev–Trinajstić information content (AvgIpc) is 2.74. The maximum absolute atomic E-state index is 11.8. The van der Waals surface area contributed by atoms with Crippen LogP contribution in [-0.2, 0) is 6.54 Å². The first-order chi connectivity index (χ1) is 14.0. The van der Waals surface area contributed by atoms with Crippen LogP contribution < -0.4 is 30.6 Å². The van der Waals surface area contributed by atoms with Gasteiger partial charge in [-0.15, -0.1) is 0 Å². The molecule has 29 heavy (non-hydrogen) atoms. The second-order valence-electron chi connectivity index (χ2n) is 5.73. The lowest BCUT2D eigenvalue weighted by Crippen LogP contribution is -2.35. The fourth-order valence-electron chi connectivity index (χ4n) is 2.38. The Kier molecular flexibility index (Phi) is 8.20. The van der Waals surface area contributed by atoms with Gasteiger partial charge in [-0.2, -0.15) is 0 Å². The first-order valence-electron chi connectivity index (χ1n) is 8.75. The van der Waals surface area contributed by atoms with E-state index in [4.69, 9.17) is 19.9 Å². The third-order valence-corrected chi connectivity index (χ3v) is 3.82. The summed E-state index contributed by atoms with van der Waals surface area (Å²) in [5.41, 5.74) is 6.44. The number of rotatable bonds is 8. The molecule has 0 bridgehead atoms. The molecule has 8 heteroatoms. The van der Waals surface area contributed by atoms with Gasteiger partial charge in [0.2, 0.25) is 0 Å². The van der Waals surface area contributed by atoms with Gasteiger partial charge in [0.15, 0.2) is 11.5 Å². The van der Waals surface area contributed by atoms with Gasteiger partial charge in [-0.25, -0.2) is 4.79 Å². The average molecular weight is 397 g/mol. The zero-order chi connectivity index (χ0) is 21.1. The molecule has 2 aromatic carbocycles. The summed E-state index contributed by atoms with van der Waals surface area (Å²) < 4.78 is 15.8. The minimum atomic E-state index is -0.568. The van der Waals surface area contributed by atoms with E-state index in [0.717, 1.165) is 5.56 Å². The molecule has 0 fully saturated rings. The first-order valence-corrected chi connectivity index (χ1v) is 8.75. The van der Waals surface area contributed by atoms with Gasteiger partial charge in [-0.3, -0.25) is 4.79 Å². The molecule has 0 unspecified atom stereocenters. The summed E-state index contributed by atoms with van der Waals surface area (Å²) in [5, 5.41) is 5.35. The standard InChI is InChI=1S/C21H23N3O5/c1-27-18-10-9-15(13-19(18)28-2)14-24-21(26)23-11-5-6-12-29-17-8-4-3-7-16(17)20(22)25/h3-4,7-10,13H,11-12,14H2,1-2H3,(H2,22,25)(H2,23,24,26). The van der Waals surface area contributed by atoms with E-state index in [2.05, 4.69) is 22.5 Å². The van der Waals surface area contributed by atoms with Gasteiger partial charge < -0.3 is 30.6 Å². The molecule has 3 amide bonds. The molecule has 2 aromatic rings. The number of nitrogens with one attached hydrogen (secondary N) is 2. The highest BCUT2D eigenvalue weighted by molar-refractivity contribution is 5.95. The summed E-state index contributed by atoms with van der Waals surface area (Å²) in [4.78, 5) is 23.1. The Hall–Kier alpha value is -3.86. The molecule has 0 heterocycles. The monoisotopic (exact) mass is 397 g/mol. The highest BCUT2D eigenvalue weighted by atomic mass is 16.5. The lowest BCUT2D eigenvalue weighted by molar-refractivity contribution is 0.0997. The van der Waals surface area contributed by atoms with E-state index < -0.39 is 5.91 Å². The molecule has 0 aliphatic rings. The number of methoxy groups -OCH3 is 2. The zero-order valence-electron chi connectivity index (χ0n) is 16.3. The van der Waals surface area contributed by atoms with Crippen molar-refractivity contribution in [3.8, 4) is 29.1 Å². The molecular weight excluding hydrogens is 374 g/mol. The third kappa shape index (κ3) is 6.66. The van der Waals surface area contributed by atoms with Crippen molar-refractivity contribution in [3.05, 3.63) is 53.6 Å². The predicted octanol–water partition coefficient (Wildman–Crippen LogP) is 1.68. The summed E-state index contributed by atoms with van der Waals surface area (Å²) >= 11 is 0. The Labute approximate surface area is 169 Å². The van der Waals surface area contributed by atoms with E-state index in [1.807, 2.05) is 6.07 Å². The molecule has 0 radical (unpaired) electrons. The topological polar surface area (TPSA) is 112 Å². The number of carbonyl (C=O) groups is 2. The summed E-state index contributed by atoms with van der Waals surface area (Å²) in [6.07, 6.45) is 0. The van der Waals surface area contributed by atoms with Crippen molar-refractivity contribution in [1.82, 2.24) is 10.6 Å². The van der Waals surface area contributed by atoms with Crippen LogP contribution in [0.2, 0.25) is 0 Å². The number of nitrogens with two attached hydrogens (primary N) is 1. The van der Waals surface area contributed by atoms with Crippen LogP contribution in [0.25, 0.3) is 0 Å². The Morgan fingerprint density at radius 3 is 2.45 bits per heavy atom. The maximum atomic E-state index is 11.8. The van der Waals surface area contributed by atoms with Crippen LogP contribution in [0.3, 0.4) is 0 Å². The summed E-state index contributed by atoms with van der Waals surface area (Å²) in [5.74, 6) is 6.54. The van der Waals surface area contributed by atoms with Crippen LogP contribution >= 0.6 is 0 Å². The molecule has 0 spiro atoms. The quantitative estimate of drug-likeness (QED) is 0.587. The molecule has 0 aliphatic heterocycles. The molecule has 0 saturated heterocycles. The van der Waals surface area contributed by atoms with Crippen LogP contribution in [0, 0.1) is 11.8 Å². The number of para-hydroxylation sites is 1. The van der Waals surface area contributed by atoms with Gasteiger partial charge in [0.1, 0.15) is 12.4 Å². The Balaban J connectivity index is 1.72. The second kappa shape index (κ2) is 11.1. The number of hydrogen-bond acceptors (Lipinski definition) is 5. The minimum absolute atomic E-state index is 0.0687. The van der Waals surface area contributed by atoms with Gasteiger partial charge in [-0.1, -0.05) is 30.0 Å². The van der Waals surface area contributed by atoms with Gasteiger partial charge >= 0.3 is 6.03 Å². The normalized spacial score (nSPS) is 9.59. The lowest BCUT2D eigenvalue weighted by atomic mass is 10.2. The van der Waals surface area contributed by atoms with Crippen LogP contribution in [0.5, 0.6) is 17.2 Å². The van der Waals surface area contributed by atoms with E-state index in [0.29, 0.717) is 29.4 Å². The van der Waals surface area contributed by atoms with Crippen molar-refractivity contribution in [3.63, 3.8) is 0 Å². The number of primary amides is 1. The Morgan fingerprint density at radius 1 is 0.966 bits per heavy atom.